The molecule has 1 rings (SSSR count). The molecule has 7 heteroatoms. The predicted molar refractivity (Wildman–Crippen MR) is 85.9 cm³/mol. The van der Waals surface area contributed by atoms with E-state index in [1.54, 1.807) is 24.3 Å². The molecule has 19 heavy (non-hydrogen) atoms. The molecular weight excluding hydrogens is 352 g/mol. The largest absolute Gasteiger partial charge is 0.329 e. The van der Waals surface area contributed by atoms with Gasteiger partial charge in [0.15, 0.2) is 0 Å². The van der Waals surface area contributed by atoms with Gasteiger partial charge < -0.3 is 10.1 Å². The topological polar surface area (TPSA) is 58.2 Å². The molecule has 0 saturated carbocycles. The molecule has 4 nitrogen and oxygen atoms in total. The van der Waals surface area contributed by atoms with Gasteiger partial charge in [-0.2, -0.15) is 0 Å². The third kappa shape index (κ3) is 7.92. The Hall–Kier alpha value is -0.980. The SMILES string of the molecule is C/C=C(/CBr)SNC(=O)Nc1cccc(Cl)c1.C=O. The van der Waals surface area contributed by atoms with Crippen molar-refractivity contribution in [3.05, 3.63) is 40.3 Å². The van der Waals surface area contributed by atoms with Crippen molar-refractivity contribution in [3.8, 4) is 0 Å². The Morgan fingerprint density at radius 1 is 1.53 bits per heavy atom. The summed E-state index contributed by atoms with van der Waals surface area (Å²) in [6.45, 7) is 3.92. The highest BCUT2D eigenvalue weighted by molar-refractivity contribution is 9.09. The molecule has 0 aromatic heterocycles. The number of alkyl halides is 1. The van der Waals surface area contributed by atoms with Gasteiger partial charge in [0.05, 0.1) is 0 Å². The van der Waals surface area contributed by atoms with Crippen molar-refractivity contribution in [3.63, 3.8) is 0 Å². The molecule has 104 valence electrons. The summed E-state index contributed by atoms with van der Waals surface area (Å²) in [5.74, 6) is 0. The van der Waals surface area contributed by atoms with E-state index in [1.807, 2.05) is 19.8 Å². The molecule has 0 aliphatic rings. The third-order valence-electron chi connectivity index (χ3n) is 1.81. The summed E-state index contributed by atoms with van der Waals surface area (Å²) in [6.07, 6.45) is 1.93. The van der Waals surface area contributed by atoms with E-state index in [0.29, 0.717) is 16.0 Å². The summed E-state index contributed by atoms with van der Waals surface area (Å²) < 4.78 is 2.68. The first-order valence-electron chi connectivity index (χ1n) is 5.15. The van der Waals surface area contributed by atoms with Crippen LogP contribution in [0.4, 0.5) is 10.5 Å². The molecule has 1 aromatic carbocycles. The summed E-state index contributed by atoms with van der Waals surface area (Å²) in [4.78, 5) is 20.6. The van der Waals surface area contributed by atoms with Crippen LogP contribution in [0.3, 0.4) is 0 Å². The summed E-state index contributed by atoms with van der Waals surface area (Å²) in [6, 6.07) is 6.71. The lowest BCUT2D eigenvalue weighted by Gasteiger charge is -2.07. The van der Waals surface area contributed by atoms with Crippen molar-refractivity contribution in [2.45, 2.75) is 6.92 Å². The number of anilines is 1. The predicted octanol–water partition coefficient (Wildman–Crippen LogP) is 4.22. The number of benzene rings is 1. The summed E-state index contributed by atoms with van der Waals surface area (Å²) in [7, 11) is 0. The quantitative estimate of drug-likeness (QED) is 0.620. The van der Waals surface area contributed by atoms with Gasteiger partial charge >= 0.3 is 6.03 Å². The Kier molecular flexibility index (Phi) is 10.3. The van der Waals surface area contributed by atoms with Crippen molar-refractivity contribution >= 4 is 58.0 Å². The smallest absolute Gasteiger partial charge is 0.307 e. The van der Waals surface area contributed by atoms with Gasteiger partial charge in [-0.05, 0) is 37.1 Å². The van der Waals surface area contributed by atoms with E-state index in [2.05, 4.69) is 26.0 Å². The van der Waals surface area contributed by atoms with Gasteiger partial charge in [-0.15, -0.1) is 0 Å². The fourth-order valence-electron chi connectivity index (χ4n) is 0.998. The number of halogens is 2. The Morgan fingerprint density at radius 2 is 2.21 bits per heavy atom. The third-order valence-corrected chi connectivity index (χ3v) is 3.95. The molecule has 0 atom stereocenters. The molecule has 0 radical (unpaired) electrons. The number of carbonyl (C=O) groups is 2. The fraction of sp³-hybridized carbons (Fsp3) is 0.167. The van der Waals surface area contributed by atoms with Crippen LogP contribution in [0.1, 0.15) is 6.92 Å². The van der Waals surface area contributed by atoms with Gasteiger partial charge in [0.1, 0.15) is 6.79 Å². The Balaban J connectivity index is 0.00000154. The summed E-state index contributed by atoms with van der Waals surface area (Å²) in [5, 5.41) is 3.99. The highest BCUT2D eigenvalue weighted by Gasteiger charge is 2.03. The second kappa shape index (κ2) is 10.9. The van der Waals surface area contributed by atoms with E-state index in [0.717, 1.165) is 4.91 Å². The first kappa shape index (κ1) is 18.0. The minimum Gasteiger partial charge on any atom is -0.307 e. The highest BCUT2D eigenvalue weighted by Crippen LogP contribution is 2.16. The van der Waals surface area contributed by atoms with E-state index in [4.69, 9.17) is 16.4 Å². The first-order valence-corrected chi connectivity index (χ1v) is 7.46. The lowest BCUT2D eigenvalue weighted by Crippen LogP contribution is -2.22. The van der Waals surface area contributed by atoms with E-state index < -0.39 is 0 Å². The van der Waals surface area contributed by atoms with Crippen molar-refractivity contribution in [1.29, 1.82) is 0 Å². The zero-order valence-corrected chi connectivity index (χ0v) is 13.4. The lowest BCUT2D eigenvalue weighted by molar-refractivity contribution is -0.0979. The Morgan fingerprint density at radius 3 is 2.74 bits per heavy atom. The van der Waals surface area contributed by atoms with Crippen LogP contribution in [-0.4, -0.2) is 18.2 Å². The van der Waals surface area contributed by atoms with Crippen LogP contribution < -0.4 is 10.0 Å². The maximum Gasteiger partial charge on any atom is 0.329 e. The number of allylic oxidation sites excluding steroid dienone is 2. The number of carbonyl (C=O) groups excluding carboxylic acids is 2. The Bertz CT molecular complexity index is 443. The average Bonchev–Trinajstić information content (AvgIpc) is 2.42. The van der Waals surface area contributed by atoms with Crippen LogP contribution in [0.15, 0.2) is 35.2 Å². The van der Waals surface area contributed by atoms with E-state index >= 15 is 0 Å². The lowest BCUT2D eigenvalue weighted by atomic mass is 10.3. The standard InChI is InChI=1S/C11H12BrClN2OS.CH2O/c1-2-10(7-12)17-15-11(16)14-9-5-3-4-8(13)6-9;1-2/h2-6H,7H2,1H3,(H2,14,15,16);1H2/b10-2-;. The van der Waals surface area contributed by atoms with Crippen molar-refractivity contribution in [1.82, 2.24) is 4.72 Å². The van der Waals surface area contributed by atoms with E-state index in [1.165, 1.54) is 11.9 Å². The van der Waals surface area contributed by atoms with Crippen LogP contribution >= 0.6 is 39.5 Å². The molecule has 0 heterocycles. The number of nitrogens with one attached hydrogen (secondary N) is 2. The monoisotopic (exact) mass is 364 g/mol. The second-order valence-corrected chi connectivity index (χ2v) is 4.99. The van der Waals surface area contributed by atoms with Gasteiger partial charge in [-0.25, -0.2) is 4.79 Å². The van der Waals surface area contributed by atoms with Gasteiger partial charge in [0.2, 0.25) is 0 Å². The molecule has 0 bridgehead atoms. The molecule has 0 spiro atoms. The molecule has 0 aliphatic heterocycles. The zero-order chi connectivity index (χ0) is 14.7. The fourth-order valence-corrected chi connectivity index (χ4v) is 2.30. The average molecular weight is 366 g/mol. The van der Waals surface area contributed by atoms with Gasteiger partial charge in [-0.3, -0.25) is 4.72 Å². The van der Waals surface area contributed by atoms with Gasteiger partial charge in [0, 0.05) is 20.9 Å². The molecule has 2 amide bonds. The molecule has 0 aliphatic carbocycles. The van der Waals surface area contributed by atoms with Crippen LogP contribution in [-0.2, 0) is 4.79 Å². The number of rotatable bonds is 4. The second-order valence-electron chi connectivity index (χ2n) is 3.06. The molecule has 0 fully saturated rings. The number of urea groups is 1. The van der Waals surface area contributed by atoms with Crippen LogP contribution in [0.5, 0.6) is 0 Å². The number of hydrogen-bond donors (Lipinski definition) is 2. The van der Waals surface area contributed by atoms with Gasteiger partial charge in [-0.1, -0.05) is 39.7 Å². The zero-order valence-electron chi connectivity index (χ0n) is 10.3. The minimum atomic E-state index is -0.280. The number of hydrogen-bond acceptors (Lipinski definition) is 3. The van der Waals surface area contributed by atoms with Gasteiger partial charge in [0.25, 0.3) is 0 Å². The van der Waals surface area contributed by atoms with Crippen molar-refractivity contribution < 1.29 is 9.59 Å². The van der Waals surface area contributed by atoms with Crippen molar-refractivity contribution in [2.24, 2.45) is 0 Å². The van der Waals surface area contributed by atoms with E-state index in [-0.39, 0.29) is 6.03 Å². The highest BCUT2D eigenvalue weighted by atomic mass is 79.9. The summed E-state index contributed by atoms with van der Waals surface area (Å²) in [5.41, 5.74) is 0.663. The molecule has 2 N–H and O–H groups in total. The molecule has 0 saturated heterocycles. The summed E-state index contributed by atoms with van der Waals surface area (Å²) >= 11 is 10.4. The normalized spacial score (nSPS) is 10.2. The molecule has 1 aromatic rings. The van der Waals surface area contributed by atoms with Crippen molar-refractivity contribution in [2.75, 3.05) is 10.6 Å². The van der Waals surface area contributed by atoms with E-state index in [9.17, 15) is 4.79 Å². The van der Waals surface area contributed by atoms with Crippen LogP contribution in [0.2, 0.25) is 5.02 Å². The Labute approximate surface area is 130 Å². The number of amides is 2. The maximum absolute atomic E-state index is 11.5. The first-order chi connectivity index (χ1) is 9.15. The van der Waals surface area contributed by atoms with Crippen LogP contribution in [0.25, 0.3) is 0 Å². The molecular formula is C12H14BrClN2O2S. The van der Waals surface area contributed by atoms with Crippen LogP contribution in [0, 0.1) is 0 Å². The minimum absolute atomic E-state index is 0.280. The molecule has 0 unspecified atom stereocenters. The maximum atomic E-state index is 11.5.